The summed E-state index contributed by atoms with van der Waals surface area (Å²) < 4.78 is 30.1. The van der Waals surface area contributed by atoms with Gasteiger partial charge in [0.05, 0.1) is 21.3 Å². The Morgan fingerprint density at radius 3 is 2.21 bits per heavy atom. The molecule has 2 aliphatic rings. The molecule has 3 atom stereocenters. The van der Waals surface area contributed by atoms with E-state index in [0.717, 1.165) is 5.76 Å². The summed E-state index contributed by atoms with van der Waals surface area (Å²) in [5.41, 5.74) is 2.35. The van der Waals surface area contributed by atoms with Crippen LogP contribution in [-0.2, 0) is 23.7 Å². The summed E-state index contributed by atoms with van der Waals surface area (Å²) in [6, 6.07) is 0. The number of allylic oxidation sites excluding steroid dienone is 1. The highest BCUT2D eigenvalue weighted by Gasteiger charge is 2.49. The average Bonchev–Trinajstić information content (AvgIpc) is 3.02. The Morgan fingerprint density at radius 1 is 1.07 bits per heavy atom. The maximum Gasteiger partial charge on any atom is 0.164 e. The first-order valence-electron chi connectivity index (χ1n) is 10.4. The van der Waals surface area contributed by atoms with Gasteiger partial charge in [-0.15, -0.1) is 0 Å². The smallest absolute Gasteiger partial charge is 0.164 e. The van der Waals surface area contributed by atoms with Gasteiger partial charge in [-0.05, 0) is 51.8 Å². The van der Waals surface area contributed by atoms with E-state index >= 15 is 0 Å². The van der Waals surface area contributed by atoms with Crippen LogP contribution in [0.5, 0.6) is 0 Å². The molecule has 0 bridgehead atoms. The quantitative estimate of drug-likeness (QED) is 0.342. The normalized spacial score (nSPS) is 30.9. The lowest BCUT2D eigenvalue weighted by molar-refractivity contribution is -0.174. The molecule has 0 aromatic rings. The first-order valence-corrected chi connectivity index (χ1v) is 13.4. The lowest BCUT2D eigenvalue weighted by Crippen LogP contribution is -2.37. The fraction of sp³-hybridized carbons (Fsp3) is 0.818. The molecule has 2 fully saturated rings. The predicted octanol–water partition coefficient (Wildman–Crippen LogP) is 5.18. The van der Waals surface area contributed by atoms with Gasteiger partial charge in [0.1, 0.15) is 24.1 Å². The molecule has 5 nitrogen and oxygen atoms in total. The van der Waals surface area contributed by atoms with Crippen LogP contribution in [0.2, 0.25) is 18.1 Å². The second kappa shape index (κ2) is 8.23. The molecule has 0 aromatic heterocycles. The lowest BCUT2D eigenvalue weighted by Gasteiger charge is -2.34. The van der Waals surface area contributed by atoms with Crippen molar-refractivity contribution >= 4 is 8.07 Å². The molecule has 6 heteroatoms. The fourth-order valence-corrected chi connectivity index (χ4v) is 4.21. The molecular weight excluding hydrogens is 372 g/mol. The Hall–Kier alpha value is -0.663. The summed E-state index contributed by atoms with van der Waals surface area (Å²) in [6.45, 7) is 22.5. The van der Waals surface area contributed by atoms with Gasteiger partial charge >= 0.3 is 0 Å². The molecule has 0 aliphatic carbocycles. The molecule has 2 aliphatic heterocycles. The summed E-state index contributed by atoms with van der Waals surface area (Å²) in [5, 5.41) is 0.277. The molecule has 28 heavy (non-hydrogen) atoms. The van der Waals surface area contributed by atoms with Crippen LogP contribution in [0.25, 0.3) is 0 Å². The topological polar surface area (TPSA) is 46.2 Å². The van der Waals surface area contributed by atoms with Gasteiger partial charge in [0.2, 0.25) is 0 Å². The van der Waals surface area contributed by atoms with Gasteiger partial charge in [0.25, 0.3) is 0 Å². The van der Waals surface area contributed by atoms with Crippen LogP contribution in [0.1, 0.15) is 55.4 Å². The van der Waals surface area contributed by atoms with Crippen molar-refractivity contribution in [2.75, 3.05) is 13.2 Å². The molecule has 0 unspecified atom stereocenters. The predicted molar refractivity (Wildman–Crippen MR) is 115 cm³/mol. The zero-order valence-corrected chi connectivity index (χ0v) is 20.4. The van der Waals surface area contributed by atoms with E-state index in [-0.39, 0.29) is 23.4 Å². The third-order valence-electron chi connectivity index (χ3n) is 5.80. The molecule has 0 spiro atoms. The summed E-state index contributed by atoms with van der Waals surface area (Å²) in [7, 11) is -1.56. The number of ether oxygens (including phenoxy) is 5. The largest absolute Gasteiger partial charge is 0.494 e. The Kier molecular flexibility index (Phi) is 6.94. The minimum atomic E-state index is -1.56. The van der Waals surface area contributed by atoms with Gasteiger partial charge in [0, 0.05) is 0 Å². The SMILES string of the molecule is CCOC(/C=C/[Si](C)(C)C(C)(C)C)=C/[C@H]1OC(C)(C)O[C@@H]1[C@H]1COC(C)(C)O1. The molecule has 162 valence electrons. The summed E-state index contributed by atoms with van der Waals surface area (Å²) in [4.78, 5) is 0. The van der Waals surface area contributed by atoms with Gasteiger partial charge in [-0.25, -0.2) is 0 Å². The Morgan fingerprint density at radius 2 is 1.71 bits per heavy atom. The van der Waals surface area contributed by atoms with Crippen LogP contribution in [0, 0.1) is 0 Å². The van der Waals surface area contributed by atoms with Crippen molar-refractivity contribution < 1.29 is 23.7 Å². The molecule has 0 amide bonds. The Balaban J connectivity index is 2.25. The lowest BCUT2D eigenvalue weighted by atomic mass is 10.1. The zero-order chi connectivity index (χ0) is 21.4. The zero-order valence-electron chi connectivity index (χ0n) is 19.4. The van der Waals surface area contributed by atoms with E-state index < -0.39 is 19.6 Å². The molecule has 0 aromatic carbocycles. The minimum absolute atomic E-state index is 0.176. The number of rotatable bonds is 6. The average molecular weight is 413 g/mol. The number of hydrogen-bond donors (Lipinski definition) is 0. The van der Waals surface area contributed by atoms with Gasteiger partial charge in [-0.3, -0.25) is 0 Å². The molecule has 0 saturated carbocycles. The second-order valence-corrected chi connectivity index (χ2v) is 15.5. The summed E-state index contributed by atoms with van der Waals surface area (Å²) in [6.07, 6.45) is 3.46. The van der Waals surface area contributed by atoms with Crippen molar-refractivity contribution in [1.82, 2.24) is 0 Å². The van der Waals surface area contributed by atoms with E-state index in [9.17, 15) is 0 Å². The Bertz CT molecular complexity index is 601. The maximum atomic E-state index is 6.18. The Labute approximate surface area is 172 Å². The van der Waals surface area contributed by atoms with Crippen LogP contribution in [0.15, 0.2) is 23.6 Å². The molecule has 2 heterocycles. The molecule has 0 radical (unpaired) electrons. The molecule has 2 rings (SSSR count). The minimum Gasteiger partial charge on any atom is -0.494 e. The summed E-state index contributed by atoms with van der Waals surface area (Å²) in [5.74, 6) is -0.454. The van der Waals surface area contributed by atoms with Gasteiger partial charge < -0.3 is 23.7 Å². The highest BCUT2D eigenvalue weighted by molar-refractivity contribution is 6.84. The first kappa shape index (κ1) is 23.6. The van der Waals surface area contributed by atoms with E-state index in [0.29, 0.717) is 13.2 Å². The van der Waals surface area contributed by atoms with E-state index in [2.05, 4.69) is 45.6 Å². The van der Waals surface area contributed by atoms with E-state index in [4.69, 9.17) is 23.7 Å². The van der Waals surface area contributed by atoms with Crippen molar-refractivity contribution in [3.8, 4) is 0 Å². The van der Waals surface area contributed by atoms with Crippen molar-refractivity contribution in [2.45, 2.75) is 103 Å². The van der Waals surface area contributed by atoms with Crippen LogP contribution >= 0.6 is 0 Å². The van der Waals surface area contributed by atoms with E-state index in [1.165, 1.54) is 0 Å². The maximum absolute atomic E-state index is 6.18. The van der Waals surface area contributed by atoms with E-state index in [1.54, 1.807) is 0 Å². The fourth-order valence-electron chi connectivity index (χ4n) is 3.13. The van der Waals surface area contributed by atoms with Crippen molar-refractivity contribution in [3.05, 3.63) is 23.6 Å². The first-order chi connectivity index (χ1) is 12.7. The van der Waals surface area contributed by atoms with Gasteiger partial charge in [0.15, 0.2) is 11.6 Å². The third kappa shape index (κ3) is 5.92. The molecular formula is C22H40O5Si. The van der Waals surface area contributed by atoms with Crippen LogP contribution in [-0.4, -0.2) is 51.2 Å². The highest BCUT2D eigenvalue weighted by atomic mass is 28.3. The summed E-state index contributed by atoms with van der Waals surface area (Å²) >= 11 is 0. The number of hydrogen-bond acceptors (Lipinski definition) is 5. The standard InChI is InChI=1S/C22H40O5Si/c1-11-23-16(12-13-28(9,10)20(2,3)4)14-17-19(27-22(7,8)25-17)18-15-24-21(5,6)26-18/h12-14,17-19H,11,15H2,1-10H3/b13-12+,16-14+/t17-,18-,19+/m1/s1. The van der Waals surface area contributed by atoms with Crippen molar-refractivity contribution in [2.24, 2.45) is 0 Å². The van der Waals surface area contributed by atoms with Crippen molar-refractivity contribution in [3.63, 3.8) is 0 Å². The van der Waals surface area contributed by atoms with Crippen LogP contribution < -0.4 is 0 Å². The molecule has 2 saturated heterocycles. The monoisotopic (exact) mass is 412 g/mol. The second-order valence-electron chi connectivity index (χ2n) is 10.2. The highest BCUT2D eigenvalue weighted by Crippen LogP contribution is 2.38. The van der Waals surface area contributed by atoms with Crippen molar-refractivity contribution in [1.29, 1.82) is 0 Å². The van der Waals surface area contributed by atoms with Gasteiger partial charge in [-0.2, -0.15) is 0 Å². The van der Waals surface area contributed by atoms with Gasteiger partial charge in [-0.1, -0.05) is 39.6 Å². The third-order valence-corrected chi connectivity index (χ3v) is 10.7. The van der Waals surface area contributed by atoms with E-state index in [1.807, 2.05) is 40.7 Å². The molecule has 0 N–H and O–H groups in total. The van der Waals surface area contributed by atoms with Crippen LogP contribution in [0.3, 0.4) is 0 Å². The van der Waals surface area contributed by atoms with Crippen LogP contribution in [0.4, 0.5) is 0 Å².